The van der Waals surface area contributed by atoms with Crippen LogP contribution in [0.3, 0.4) is 0 Å². The highest BCUT2D eigenvalue weighted by Gasteiger charge is 2.24. The molecule has 52 heavy (non-hydrogen) atoms. The van der Waals surface area contributed by atoms with Gasteiger partial charge in [-0.15, -0.1) is 25.9 Å². The molecule has 21 heteroatoms. The quantitative estimate of drug-likeness (QED) is 0.103. The molecule has 0 saturated heterocycles. The molecule has 0 aliphatic carbocycles. The molecule has 6 N–H and O–H groups in total. The lowest BCUT2D eigenvalue weighted by atomic mass is 10.1. The lowest BCUT2D eigenvalue weighted by molar-refractivity contribution is -0.110. The fourth-order valence-corrected chi connectivity index (χ4v) is 4.64. The Morgan fingerprint density at radius 1 is 0.827 bits per heavy atom. The monoisotopic (exact) mass is 717 g/mol. The van der Waals surface area contributed by atoms with Gasteiger partial charge in [0.15, 0.2) is 46.2 Å². The van der Waals surface area contributed by atoms with Gasteiger partial charge >= 0.3 is 11.9 Å². The van der Waals surface area contributed by atoms with Crippen molar-refractivity contribution in [3.63, 3.8) is 0 Å². The highest BCUT2D eigenvalue weighted by molar-refractivity contribution is 6.48. The second-order valence-electron chi connectivity index (χ2n) is 10.6. The first-order valence-corrected chi connectivity index (χ1v) is 15.1. The lowest BCUT2D eigenvalue weighted by Gasteiger charge is -2.17. The first kappa shape index (κ1) is 34.6. The van der Waals surface area contributed by atoms with Gasteiger partial charge in [0.25, 0.3) is 11.8 Å². The minimum absolute atomic E-state index is 0.0896. The van der Waals surface area contributed by atoms with Gasteiger partial charge in [0.2, 0.25) is 0 Å². The van der Waals surface area contributed by atoms with Crippen molar-refractivity contribution in [3.05, 3.63) is 95.7 Å². The predicted octanol–water partition coefficient (Wildman–Crippen LogP) is 2.33. The van der Waals surface area contributed by atoms with E-state index >= 15 is 0 Å². The van der Waals surface area contributed by atoms with Crippen LogP contribution >= 0.6 is 0 Å². The van der Waals surface area contributed by atoms with Crippen molar-refractivity contribution in [2.24, 2.45) is 10.2 Å². The number of aromatic carboxylic acids is 2. The normalized spacial score (nSPS) is 13.0. The zero-order valence-electron chi connectivity index (χ0n) is 26.4. The number of hydrogen-bond acceptors (Lipinski definition) is 14. The van der Waals surface area contributed by atoms with E-state index in [2.05, 4.69) is 47.1 Å². The maximum Gasteiger partial charge on any atom is 0.337 e. The molecule has 2 aromatic heterocycles. The molecule has 6 rings (SSSR count). The minimum atomic E-state index is -1.50. The van der Waals surface area contributed by atoms with Gasteiger partial charge in [-0.1, -0.05) is 0 Å². The Kier molecular flexibility index (Phi) is 10.0. The molecule has 2 aliphatic rings. The topological polar surface area (TPSA) is 247 Å². The van der Waals surface area contributed by atoms with Crippen molar-refractivity contribution in [2.75, 3.05) is 23.8 Å². The summed E-state index contributed by atoms with van der Waals surface area (Å²) in [7, 11) is 0. The summed E-state index contributed by atoms with van der Waals surface area (Å²) in [6.45, 7) is -0.180. The highest BCUT2D eigenvalue weighted by atomic mass is 19.1. The first-order valence-electron chi connectivity index (χ1n) is 15.1. The minimum Gasteiger partial charge on any atom is -0.490 e. The molecule has 4 aromatic rings. The fraction of sp³-hybridized carbons (Fsp3) is 0.129. The summed E-state index contributed by atoms with van der Waals surface area (Å²) in [6.07, 6.45) is 7.97. The molecule has 0 fully saturated rings. The molecule has 0 bridgehead atoms. The van der Waals surface area contributed by atoms with Crippen LogP contribution in [0.5, 0.6) is 11.5 Å². The molecular formula is C31H25F2N11O8. The van der Waals surface area contributed by atoms with Gasteiger partial charge in [0.1, 0.15) is 6.33 Å². The van der Waals surface area contributed by atoms with Crippen LogP contribution < -0.4 is 31.2 Å². The van der Waals surface area contributed by atoms with E-state index in [9.17, 15) is 38.2 Å². The van der Waals surface area contributed by atoms with E-state index in [0.717, 1.165) is 12.1 Å². The number of nitrogens with zero attached hydrogens (tertiary/aromatic N) is 7. The van der Waals surface area contributed by atoms with Gasteiger partial charge in [-0.2, -0.15) is 5.12 Å². The predicted molar refractivity (Wildman–Crippen MR) is 175 cm³/mol. The number of carboxylic acid groups (broad SMARTS) is 2. The number of hydrogen-bond donors (Lipinski definition) is 6. The number of amides is 2. The zero-order chi connectivity index (χ0) is 36.8. The van der Waals surface area contributed by atoms with E-state index in [4.69, 9.17) is 9.47 Å². The number of anilines is 2. The number of unbranched alkanes of at least 4 members (excludes halogenated alkanes) is 1. The summed E-state index contributed by atoms with van der Waals surface area (Å²) in [4.78, 5) is 53.1. The number of benzene rings is 2. The lowest BCUT2D eigenvalue weighted by Crippen LogP contribution is -2.40. The summed E-state index contributed by atoms with van der Waals surface area (Å²) < 4.78 is 42.1. The fourth-order valence-electron chi connectivity index (χ4n) is 4.64. The molecular weight excluding hydrogens is 692 g/mol. The van der Waals surface area contributed by atoms with Crippen molar-refractivity contribution >= 4 is 46.7 Å². The van der Waals surface area contributed by atoms with E-state index in [0.29, 0.717) is 23.8 Å². The van der Waals surface area contributed by atoms with Crippen LogP contribution in [0.4, 0.5) is 20.2 Å². The average Bonchev–Trinajstić information content (AvgIpc) is 3.84. The number of imidazole rings is 1. The maximum absolute atomic E-state index is 14.8. The second-order valence-corrected chi connectivity index (χ2v) is 10.6. The second kappa shape index (κ2) is 15.1. The molecule has 266 valence electrons. The van der Waals surface area contributed by atoms with Gasteiger partial charge in [-0.05, 0) is 49.3 Å². The number of carbonyl (C=O) groups excluding carboxylic acids is 2. The molecule has 2 aliphatic heterocycles. The van der Waals surface area contributed by atoms with E-state index < -0.39 is 46.5 Å². The number of amidine groups is 1. The van der Waals surface area contributed by atoms with Crippen LogP contribution in [-0.4, -0.2) is 83.6 Å². The molecule has 4 heterocycles. The molecule has 2 amide bonds. The summed E-state index contributed by atoms with van der Waals surface area (Å²) in [6, 6.07) is 6.32. The molecule has 0 atom stereocenters. The van der Waals surface area contributed by atoms with Crippen LogP contribution in [0.1, 0.15) is 44.0 Å². The number of aromatic nitrogens is 4. The molecule has 0 radical (unpaired) electrons. The Balaban J connectivity index is 1.04. The first-order chi connectivity index (χ1) is 25.1. The number of carboxylic acids is 2. The Hall–Kier alpha value is -7.29. The highest BCUT2D eigenvalue weighted by Crippen LogP contribution is 2.29. The van der Waals surface area contributed by atoms with Crippen molar-refractivity contribution in [1.82, 2.24) is 35.9 Å². The number of nitrogens with one attached hydrogen (secondary N) is 4. The van der Waals surface area contributed by atoms with E-state index in [1.165, 1.54) is 41.9 Å². The standard InChI is InChI=1S/C31H25F2N11O8/c32-18-11-16(30(47)48)22(35-28(45)20-3-5-26(38-37-20)43-8-7-34-15-43)13-24(18)51-9-1-2-10-52-25-14-23(17(31(49)50)12-19(25)33)36-29(46)21-4-6-27-39-41-42-44(27)40-21/h3-8,11-15,41-42H,1-2,9-10H2,(H,35,45)(H,36,46)(H,47,48)(H,49,50). The SMILES string of the molecule is O=C(Nc1cc(OCCCCOc2cc(NC(=O)c3ccc(-n4ccnc4)nn3)c(C(=O)O)cc2F)c(F)cc1C(=O)O)C1=NN2NNN=C2C=C1. The third-order valence-electron chi connectivity index (χ3n) is 7.18. The number of hydrazone groups is 2. The number of hydrazine groups is 2. The third kappa shape index (κ3) is 7.78. The van der Waals surface area contributed by atoms with E-state index in [1.54, 1.807) is 10.8 Å². The zero-order valence-corrected chi connectivity index (χ0v) is 26.4. The van der Waals surface area contributed by atoms with Crippen molar-refractivity contribution in [3.8, 4) is 17.3 Å². The van der Waals surface area contributed by atoms with Crippen molar-refractivity contribution < 1.29 is 47.6 Å². The van der Waals surface area contributed by atoms with Crippen LogP contribution in [0.2, 0.25) is 0 Å². The number of fused-ring (bicyclic) bond motifs is 1. The van der Waals surface area contributed by atoms with Crippen LogP contribution in [0.25, 0.3) is 5.82 Å². The summed E-state index contributed by atoms with van der Waals surface area (Å²) in [5.41, 5.74) is 3.20. The van der Waals surface area contributed by atoms with Crippen LogP contribution in [-0.2, 0) is 4.79 Å². The van der Waals surface area contributed by atoms with Crippen LogP contribution in [0.15, 0.2) is 77.5 Å². The summed E-state index contributed by atoms with van der Waals surface area (Å²) in [5, 5.41) is 40.8. The maximum atomic E-state index is 14.8. The average molecular weight is 718 g/mol. The van der Waals surface area contributed by atoms with Crippen LogP contribution in [0, 0.1) is 11.6 Å². The Morgan fingerprint density at radius 2 is 1.46 bits per heavy atom. The molecule has 2 aromatic carbocycles. The van der Waals surface area contributed by atoms with E-state index in [1.807, 2.05) is 0 Å². The molecule has 0 spiro atoms. The number of halogens is 2. The number of rotatable bonds is 14. The van der Waals surface area contributed by atoms with Crippen molar-refractivity contribution in [2.45, 2.75) is 12.8 Å². The molecule has 19 nitrogen and oxygen atoms in total. The van der Waals surface area contributed by atoms with Gasteiger partial charge < -0.3 is 30.3 Å². The molecule has 0 saturated carbocycles. The Bertz CT molecular complexity index is 2140. The summed E-state index contributed by atoms with van der Waals surface area (Å²) in [5.74, 6) is -6.53. The van der Waals surface area contributed by atoms with Gasteiger partial charge in [-0.3, -0.25) is 14.2 Å². The summed E-state index contributed by atoms with van der Waals surface area (Å²) >= 11 is 0. The van der Waals surface area contributed by atoms with Gasteiger partial charge in [0.05, 0.1) is 35.7 Å². The van der Waals surface area contributed by atoms with Gasteiger partial charge in [-0.25, -0.2) is 28.9 Å². The number of carbonyl (C=O) groups is 4. The Morgan fingerprint density at radius 3 is 2.02 bits per heavy atom. The third-order valence-corrected chi connectivity index (χ3v) is 7.18. The molecule has 0 unspecified atom stereocenters. The van der Waals surface area contributed by atoms with Gasteiger partial charge in [0, 0.05) is 24.5 Å². The smallest absolute Gasteiger partial charge is 0.337 e. The largest absolute Gasteiger partial charge is 0.490 e. The van der Waals surface area contributed by atoms with Crippen molar-refractivity contribution in [1.29, 1.82) is 0 Å². The number of ether oxygens (including phenoxy) is 2. The Labute approximate surface area is 290 Å². The van der Waals surface area contributed by atoms with E-state index in [-0.39, 0.29) is 60.3 Å².